The van der Waals surface area contributed by atoms with E-state index in [0.717, 1.165) is 6.42 Å². The van der Waals surface area contributed by atoms with Gasteiger partial charge in [0, 0.05) is 12.1 Å². The number of nitrogens with zero attached hydrogens (tertiary/aromatic N) is 1. The number of carbonyl (C=O) groups excluding carboxylic acids is 1. The molecule has 1 atom stereocenters. The van der Waals surface area contributed by atoms with E-state index in [4.69, 9.17) is 10.5 Å². The summed E-state index contributed by atoms with van der Waals surface area (Å²) in [6.07, 6.45) is 0.810. The van der Waals surface area contributed by atoms with E-state index in [0.29, 0.717) is 23.2 Å². The SMILES string of the molecule is CC(C)(C)Nc1nc(N)c(C(=O)NC2(C)CCOC2)s1. The Kier molecular flexibility index (Phi) is 3.93. The molecule has 1 saturated heterocycles. The molecule has 1 aromatic heterocycles. The Hall–Kier alpha value is -1.34. The Morgan fingerprint density at radius 3 is 2.75 bits per heavy atom. The van der Waals surface area contributed by atoms with Gasteiger partial charge in [0.1, 0.15) is 10.7 Å². The van der Waals surface area contributed by atoms with Crippen LogP contribution in [0.4, 0.5) is 10.9 Å². The smallest absolute Gasteiger partial charge is 0.265 e. The Labute approximate surface area is 123 Å². The average molecular weight is 298 g/mol. The normalized spacial score (nSPS) is 22.8. The lowest BCUT2D eigenvalue weighted by atomic mass is 10.0. The fraction of sp³-hybridized carbons (Fsp3) is 0.692. The number of rotatable bonds is 3. The van der Waals surface area contributed by atoms with E-state index in [1.165, 1.54) is 11.3 Å². The molecule has 112 valence electrons. The van der Waals surface area contributed by atoms with Gasteiger partial charge < -0.3 is 21.1 Å². The zero-order valence-corrected chi connectivity index (χ0v) is 13.2. The number of hydrogen-bond acceptors (Lipinski definition) is 6. The third kappa shape index (κ3) is 3.61. The van der Waals surface area contributed by atoms with Gasteiger partial charge in [-0.2, -0.15) is 0 Å². The van der Waals surface area contributed by atoms with Crippen LogP contribution in [0.25, 0.3) is 0 Å². The minimum absolute atomic E-state index is 0.122. The van der Waals surface area contributed by atoms with Crippen molar-refractivity contribution in [3.8, 4) is 0 Å². The van der Waals surface area contributed by atoms with Gasteiger partial charge in [-0.1, -0.05) is 11.3 Å². The number of carbonyl (C=O) groups is 1. The molecule has 1 aromatic rings. The van der Waals surface area contributed by atoms with E-state index >= 15 is 0 Å². The maximum absolute atomic E-state index is 12.3. The quantitative estimate of drug-likeness (QED) is 0.792. The highest BCUT2D eigenvalue weighted by molar-refractivity contribution is 7.18. The molecule has 0 aromatic carbocycles. The molecule has 1 fully saturated rings. The molecule has 0 aliphatic carbocycles. The zero-order chi connectivity index (χ0) is 15.0. The Balaban J connectivity index is 2.10. The molecular weight excluding hydrogens is 276 g/mol. The predicted octanol–water partition coefficient (Wildman–Crippen LogP) is 1.84. The minimum atomic E-state index is -0.314. The number of nitrogens with two attached hydrogens (primary N) is 1. The van der Waals surface area contributed by atoms with E-state index in [-0.39, 0.29) is 22.8 Å². The summed E-state index contributed by atoms with van der Waals surface area (Å²) in [6, 6.07) is 0. The molecule has 2 rings (SSSR count). The summed E-state index contributed by atoms with van der Waals surface area (Å²) in [6.45, 7) is 9.27. The van der Waals surface area contributed by atoms with Gasteiger partial charge in [0.2, 0.25) is 0 Å². The predicted molar refractivity (Wildman–Crippen MR) is 81.2 cm³/mol. The van der Waals surface area contributed by atoms with Crippen molar-refractivity contribution in [3.05, 3.63) is 4.88 Å². The first kappa shape index (κ1) is 15.1. The van der Waals surface area contributed by atoms with Crippen LogP contribution in [0, 0.1) is 0 Å². The fourth-order valence-corrected chi connectivity index (χ4v) is 2.95. The van der Waals surface area contributed by atoms with Crippen LogP contribution in [-0.4, -0.2) is 35.2 Å². The summed E-state index contributed by atoms with van der Waals surface area (Å²) in [5.41, 5.74) is 5.41. The zero-order valence-electron chi connectivity index (χ0n) is 12.4. The molecule has 2 heterocycles. The molecule has 0 spiro atoms. The molecule has 4 N–H and O–H groups in total. The monoisotopic (exact) mass is 298 g/mol. The highest BCUT2D eigenvalue weighted by atomic mass is 32.1. The van der Waals surface area contributed by atoms with Crippen LogP contribution in [0.5, 0.6) is 0 Å². The second kappa shape index (κ2) is 5.21. The fourth-order valence-electron chi connectivity index (χ4n) is 1.97. The van der Waals surface area contributed by atoms with Gasteiger partial charge in [0.15, 0.2) is 5.13 Å². The van der Waals surface area contributed by atoms with Crippen molar-refractivity contribution in [3.63, 3.8) is 0 Å². The average Bonchev–Trinajstić information content (AvgIpc) is 2.83. The molecule has 6 nitrogen and oxygen atoms in total. The highest BCUT2D eigenvalue weighted by Gasteiger charge is 2.32. The molecule has 0 bridgehead atoms. The minimum Gasteiger partial charge on any atom is -0.382 e. The largest absolute Gasteiger partial charge is 0.382 e. The lowest BCUT2D eigenvalue weighted by molar-refractivity contribution is 0.0894. The van der Waals surface area contributed by atoms with Crippen LogP contribution >= 0.6 is 11.3 Å². The molecule has 0 radical (unpaired) electrons. The number of nitrogen functional groups attached to an aromatic ring is 1. The summed E-state index contributed by atoms with van der Waals surface area (Å²) in [4.78, 5) is 17.0. The number of anilines is 2. The van der Waals surface area contributed by atoms with Crippen molar-refractivity contribution in [2.24, 2.45) is 0 Å². The van der Waals surface area contributed by atoms with Crippen molar-refractivity contribution < 1.29 is 9.53 Å². The van der Waals surface area contributed by atoms with Crippen molar-refractivity contribution in [1.82, 2.24) is 10.3 Å². The second-order valence-electron chi connectivity index (χ2n) is 6.43. The highest BCUT2D eigenvalue weighted by Crippen LogP contribution is 2.28. The van der Waals surface area contributed by atoms with Crippen LogP contribution in [0.3, 0.4) is 0 Å². The molecule has 0 saturated carbocycles. The maximum Gasteiger partial charge on any atom is 0.265 e. The molecule has 1 aliphatic heterocycles. The van der Waals surface area contributed by atoms with Gasteiger partial charge in [-0.15, -0.1) is 0 Å². The molecule has 20 heavy (non-hydrogen) atoms. The maximum atomic E-state index is 12.3. The van der Waals surface area contributed by atoms with E-state index < -0.39 is 0 Å². The van der Waals surface area contributed by atoms with Gasteiger partial charge in [-0.25, -0.2) is 4.98 Å². The van der Waals surface area contributed by atoms with Crippen LogP contribution in [0.2, 0.25) is 0 Å². The molecule has 1 amide bonds. The summed E-state index contributed by atoms with van der Waals surface area (Å²) < 4.78 is 5.33. The number of nitrogens with one attached hydrogen (secondary N) is 2. The first-order valence-electron chi connectivity index (χ1n) is 6.63. The van der Waals surface area contributed by atoms with Crippen molar-refractivity contribution in [2.45, 2.75) is 45.2 Å². The lowest BCUT2D eigenvalue weighted by Gasteiger charge is -2.23. The van der Waals surface area contributed by atoms with Crippen LogP contribution < -0.4 is 16.4 Å². The van der Waals surface area contributed by atoms with E-state index in [2.05, 4.69) is 15.6 Å². The van der Waals surface area contributed by atoms with Crippen molar-refractivity contribution >= 4 is 28.2 Å². The third-order valence-electron chi connectivity index (χ3n) is 2.98. The number of hydrogen-bond donors (Lipinski definition) is 3. The van der Waals surface area contributed by atoms with Gasteiger partial charge in [-0.3, -0.25) is 4.79 Å². The molecular formula is C13H22N4O2S. The van der Waals surface area contributed by atoms with Gasteiger partial charge >= 0.3 is 0 Å². The van der Waals surface area contributed by atoms with Crippen LogP contribution in [0.1, 0.15) is 43.8 Å². The number of amides is 1. The van der Waals surface area contributed by atoms with E-state index in [1.807, 2.05) is 27.7 Å². The Morgan fingerprint density at radius 2 is 2.20 bits per heavy atom. The van der Waals surface area contributed by atoms with Gasteiger partial charge in [0.05, 0.1) is 12.1 Å². The second-order valence-corrected chi connectivity index (χ2v) is 7.42. The molecule has 1 aliphatic rings. The van der Waals surface area contributed by atoms with Crippen molar-refractivity contribution in [1.29, 1.82) is 0 Å². The third-order valence-corrected chi connectivity index (χ3v) is 3.96. The van der Waals surface area contributed by atoms with E-state index in [9.17, 15) is 4.79 Å². The standard InChI is InChI=1S/C13H22N4O2S/c1-12(2,3)17-11-15-9(14)8(20-11)10(18)16-13(4)5-6-19-7-13/h5-7,14H2,1-4H3,(H,15,17)(H,16,18). The summed E-state index contributed by atoms with van der Waals surface area (Å²) in [5, 5.41) is 6.87. The number of aromatic nitrogens is 1. The van der Waals surface area contributed by atoms with E-state index in [1.54, 1.807) is 0 Å². The summed E-state index contributed by atoms with van der Waals surface area (Å²) >= 11 is 1.28. The molecule has 7 heteroatoms. The lowest BCUT2D eigenvalue weighted by Crippen LogP contribution is -2.46. The van der Waals surface area contributed by atoms with Crippen LogP contribution in [-0.2, 0) is 4.74 Å². The summed E-state index contributed by atoms with van der Waals surface area (Å²) in [7, 11) is 0. The first-order chi connectivity index (χ1) is 9.19. The number of thiazole rings is 1. The Bertz CT molecular complexity index is 501. The van der Waals surface area contributed by atoms with Gasteiger partial charge in [-0.05, 0) is 34.1 Å². The van der Waals surface area contributed by atoms with Crippen molar-refractivity contribution in [2.75, 3.05) is 24.3 Å². The van der Waals surface area contributed by atoms with Crippen LogP contribution in [0.15, 0.2) is 0 Å². The Morgan fingerprint density at radius 1 is 1.50 bits per heavy atom. The number of ether oxygens (including phenoxy) is 1. The van der Waals surface area contributed by atoms with Gasteiger partial charge in [0.25, 0.3) is 5.91 Å². The topological polar surface area (TPSA) is 89.3 Å². The summed E-state index contributed by atoms with van der Waals surface area (Å²) in [5.74, 6) is 0.0803. The first-order valence-corrected chi connectivity index (χ1v) is 7.45. The molecule has 1 unspecified atom stereocenters.